The second-order valence-corrected chi connectivity index (χ2v) is 7.44. The van der Waals surface area contributed by atoms with Crippen molar-refractivity contribution in [3.05, 3.63) is 0 Å². The van der Waals surface area contributed by atoms with Gasteiger partial charge in [0.15, 0.2) is 0 Å². The first-order chi connectivity index (χ1) is 9.76. The van der Waals surface area contributed by atoms with E-state index in [0.29, 0.717) is 5.41 Å². The molecule has 2 fully saturated rings. The monoisotopic (exact) mass is 280 g/mol. The lowest BCUT2D eigenvalue weighted by Crippen LogP contribution is -2.47. The van der Waals surface area contributed by atoms with Gasteiger partial charge in [0, 0.05) is 19.1 Å². The lowest BCUT2D eigenvalue weighted by atomic mass is 9.73. The molecule has 2 saturated carbocycles. The van der Waals surface area contributed by atoms with Gasteiger partial charge in [0.1, 0.15) is 0 Å². The van der Waals surface area contributed by atoms with Crippen LogP contribution in [0.25, 0.3) is 0 Å². The number of nitrogens with one attached hydrogen (secondary N) is 1. The fourth-order valence-electron chi connectivity index (χ4n) is 4.40. The third-order valence-corrected chi connectivity index (χ3v) is 5.62. The maximum atomic E-state index is 3.73. The first-order valence-corrected chi connectivity index (χ1v) is 9.17. The van der Waals surface area contributed by atoms with Crippen molar-refractivity contribution in [1.82, 2.24) is 10.2 Å². The predicted octanol–water partition coefficient (Wildman–Crippen LogP) is 4.20. The summed E-state index contributed by atoms with van der Waals surface area (Å²) in [7, 11) is 2.40. The van der Waals surface area contributed by atoms with Crippen molar-refractivity contribution in [3.63, 3.8) is 0 Å². The molecule has 0 spiro atoms. The average molecular weight is 280 g/mol. The second-order valence-electron chi connectivity index (χ2n) is 7.44. The Labute approximate surface area is 126 Å². The zero-order valence-corrected chi connectivity index (χ0v) is 13.9. The normalized spacial score (nSPS) is 24.1. The van der Waals surface area contributed by atoms with Crippen molar-refractivity contribution < 1.29 is 0 Å². The first-order valence-electron chi connectivity index (χ1n) is 9.17. The summed E-state index contributed by atoms with van der Waals surface area (Å²) in [6.45, 7) is 6.04. The maximum Gasteiger partial charge on any atom is 0.00924 e. The molecular weight excluding hydrogens is 244 g/mol. The Morgan fingerprint density at radius 3 is 2.30 bits per heavy atom. The van der Waals surface area contributed by atoms with Crippen molar-refractivity contribution in [3.8, 4) is 0 Å². The van der Waals surface area contributed by atoms with Crippen LogP contribution in [0.3, 0.4) is 0 Å². The topological polar surface area (TPSA) is 15.3 Å². The molecule has 2 aliphatic rings. The van der Waals surface area contributed by atoms with Crippen LogP contribution >= 0.6 is 0 Å². The van der Waals surface area contributed by atoms with E-state index in [4.69, 9.17) is 0 Å². The van der Waals surface area contributed by atoms with Gasteiger partial charge >= 0.3 is 0 Å². The molecule has 118 valence electrons. The molecule has 0 unspecified atom stereocenters. The molecule has 1 N–H and O–H groups in total. The SMILES string of the molecule is CCCNCC1(CN(C)C2CCCCC2)CCCCC1. The molecule has 0 heterocycles. The quantitative estimate of drug-likeness (QED) is 0.703. The number of hydrogen-bond acceptors (Lipinski definition) is 2. The van der Waals surface area contributed by atoms with Crippen molar-refractivity contribution in [1.29, 1.82) is 0 Å². The highest BCUT2D eigenvalue weighted by Crippen LogP contribution is 2.37. The van der Waals surface area contributed by atoms with Crippen molar-refractivity contribution in [2.75, 3.05) is 26.7 Å². The van der Waals surface area contributed by atoms with Gasteiger partial charge in [0.2, 0.25) is 0 Å². The average Bonchev–Trinajstić information content (AvgIpc) is 2.49. The van der Waals surface area contributed by atoms with Crippen LogP contribution in [-0.4, -0.2) is 37.6 Å². The predicted molar refractivity (Wildman–Crippen MR) is 88.2 cm³/mol. The molecule has 2 nitrogen and oxygen atoms in total. The van der Waals surface area contributed by atoms with Gasteiger partial charge in [-0.15, -0.1) is 0 Å². The van der Waals surface area contributed by atoms with E-state index in [9.17, 15) is 0 Å². The van der Waals surface area contributed by atoms with Crippen LogP contribution in [0.1, 0.15) is 77.6 Å². The Kier molecular flexibility index (Phi) is 6.83. The van der Waals surface area contributed by atoms with E-state index in [0.717, 1.165) is 6.04 Å². The molecule has 2 heteroatoms. The highest BCUT2D eigenvalue weighted by molar-refractivity contribution is 4.89. The lowest BCUT2D eigenvalue weighted by Gasteiger charge is -2.43. The summed E-state index contributed by atoms with van der Waals surface area (Å²) >= 11 is 0. The maximum absolute atomic E-state index is 3.73. The lowest BCUT2D eigenvalue weighted by molar-refractivity contribution is 0.0799. The Bertz CT molecular complexity index is 252. The highest BCUT2D eigenvalue weighted by Gasteiger charge is 2.34. The third-order valence-electron chi connectivity index (χ3n) is 5.62. The van der Waals surface area contributed by atoms with Crippen LogP contribution in [-0.2, 0) is 0 Å². The van der Waals surface area contributed by atoms with Crippen LogP contribution in [0, 0.1) is 5.41 Å². The van der Waals surface area contributed by atoms with Crippen LogP contribution in [0.15, 0.2) is 0 Å². The third kappa shape index (κ3) is 4.73. The van der Waals surface area contributed by atoms with E-state index in [1.54, 1.807) is 0 Å². The summed E-state index contributed by atoms with van der Waals surface area (Å²) in [5, 5.41) is 3.73. The van der Waals surface area contributed by atoms with Gasteiger partial charge in [-0.3, -0.25) is 0 Å². The minimum Gasteiger partial charge on any atom is -0.316 e. The van der Waals surface area contributed by atoms with Crippen molar-refractivity contribution in [2.45, 2.75) is 83.6 Å². The molecule has 0 aromatic rings. The van der Waals surface area contributed by atoms with Crippen LogP contribution in [0.5, 0.6) is 0 Å². The fraction of sp³-hybridized carbons (Fsp3) is 1.00. The second kappa shape index (κ2) is 8.38. The van der Waals surface area contributed by atoms with E-state index in [1.807, 2.05) is 0 Å². The van der Waals surface area contributed by atoms with Gasteiger partial charge in [-0.05, 0) is 51.1 Å². The van der Waals surface area contributed by atoms with Gasteiger partial charge < -0.3 is 10.2 Å². The van der Waals surface area contributed by atoms with Gasteiger partial charge in [-0.2, -0.15) is 0 Å². The zero-order chi connectivity index (χ0) is 14.3. The summed E-state index contributed by atoms with van der Waals surface area (Å²) in [5.41, 5.74) is 0.569. The Hall–Kier alpha value is -0.0800. The summed E-state index contributed by atoms with van der Waals surface area (Å²) in [4.78, 5) is 2.72. The van der Waals surface area contributed by atoms with Gasteiger partial charge in [-0.1, -0.05) is 45.4 Å². The van der Waals surface area contributed by atoms with Gasteiger partial charge in [-0.25, -0.2) is 0 Å². The minimum absolute atomic E-state index is 0.569. The van der Waals surface area contributed by atoms with E-state index >= 15 is 0 Å². The molecule has 0 aliphatic heterocycles. The molecule has 0 radical (unpaired) electrons. The molecule has 2 aliphatic carbocycles. The standard InChI is InChI=1S/C18H36N2/c1-3-14-19-15-18(12-8-5-9-13-18)16-20(2)17-10-6-4-7-11-17/h17,19H,3-16H2,1-2H3. The molecular formula is C18H36N2. The molecule has 2 rings (SSSR count). The summed E-state index contributed by atoms with van der Waals surface area (Å²) < 4.78 is 0. The smallest absolute Gasteiger partial charge is 0.00924 e. The highest BCUT2D eigenvalue weighted by atomic mass is 15.1. The zero-order valence-electron chi connectivity index (χ0n) is 13.9. The molecule has 0 aromatic carbocycles. The van der Waals surface area contributed by atoms with E-state index in [1.165, 1.54) is 90.3 Å². The van der Waals surface area contributed by atoms with Gasteiger partial charge in [0.25, 0.3) is 0 Å². The van der Waals surface area contributed by atoms with Crippen molar-refractivity contribution in [2.24, 2.45) is 5.41 Å². The number of rotatable bonds is 7. The van der Waals surface area contributed by atoms with Crippen molar-refractivity contribution >= 4 is 0 Å². The molecule has 0 atom stereocenters. The molecule has 0 amide bonds. The largest absolute Gasteiger partial charge is 0.316 e. The van der Waals surface area contributed by atoms with Crippen LogP contribution in [0.4, 0.5) is 0 Å². The Morgan fingerprint density at radius 2 is 1.65 bits per heavy atom. The fourth-order valence-corrected chi connectivity index (χ4v) is 4.40. The van der Waals surface area contributed by atoms with E-state index in [-0.39, 0.29) is 0 Å². The van der Waals surface area contributed by atoms with Crippen LogP contribution < -0.4 is 5.32 Å². The van der Waals surface area contributed by atoms with E-state index in [2.05, 4.69) is 24.2 Å². The van der Waals surface area contributed by atoms with Crippen LogP contribution in [0.2, 0.25) is 0 Å². The number of hydrogen-bond donors (Lipinski definition) is 1. The minimum atomic E-state index is 0.569. The molecule has 0 aromatic heterocycles. The first kappa shape index (κ1) is 16.3. The van der Waals surface area contributed by atoms with Gasteiger partial charge in [0.05, 0.1) is 0 Å². The number of nitrogens with zero attached hydrogens (tertiary/aromatic N) is 1. The van der Waals surface area contributed by atoms with E-state index < -0.39 is 0 Å². The Morgan fingerprint density at radius 1 is 1.00 bits per heavy atom. The molecule has 20 heavy (non-hydrogen) atoms. The Balaban J connectivity index is 1.88. The summed E-state index contributed by atoms with van der Waals surface area (Å²) in [6.07, 6.45) is 15.8. The molecule has 0 bridgehead atoms. The molecule has 0 saturated heterocycles. The summed E-state index contributed by atoms with van der Waals surface area (Å²) in [5.74, 6) is 0. The summed E-state index contributed by atoms with van der Waals surface area (Å²) in [6, 6.07) is 0.869.